The third-order valence-corrected chi connectivity index (χ3v) is 2.70. The van der Waals surface area contributed by atoms with Crippen LogP contribution in [0.15, 0.2) is 42.5 Å². The van der Waals surface area contributed by atoms with Gasteiger partial charge in [-0.05, 0) is 17.7 Å². The number of carbonyl (C=O) groups is 1. The lowest BCUT2D eigenvalue weighted by atomic mass is 9.92. The highest BCUT2D eigenvalue weighted by atomic mass is 19.1. The summed E-state index contributed by atoms with van der Waals surface area (Å²) in [5.41, 5.74) is -2.17. The maximum absolute atomic E-state index is 14.1. The molecule has 0 radical (unpaired) electrons. The number of halogens is 1. The van der Waals surface area contributed by atoms with Crippen molar-refractivity contribution in [1.29, 1.82) is 0 Å². The van der Waals surface area contributed by atoms with E-state index in [4.69, 9.17) is 5.11 Å². The Labute approximate surface area is 92.3 Å². The molecule has 1 N–H and O–H groups in total. The van der Waals surface area contributed by atoms with Gasteiger partial charge in [-0.25, -0.2) is 9.18 Å². The summed E-state index contributed by atoms with van der Waals surface area (Å²) in [6.45, 7) is 1.07. The average Bonchev–Trinajstić information content (AvgIpc) is 2.28. The van der Waals surface area contributed by atoms with Crippen molar-refractivity contribution in [1.82, 2.24) is 0 Å². The van der Waals surface area contributed by atoms with Crippen molar-refractivity contribution in [2.45, 2.75) is 12.6 Å². The summed E-state index contributed by atoms with van der Waals surface area (Å²) in [7, 11) is 0. The molecule has 0 saturated heterocycles. The zero-order chi connectivity index (χ0) is 11.8. The first kappa shape index (κ1) is 10.6. The normalized spacial score (nSPS) is 14.6. The summed E-state index contributed by atoms with van der Waals surface area (Å²) >= 11 is 0. The highest BCUT2D eigenvalue weighted by molar-refractivity contribution is 5.91. The number of alkyl halides is 1. The summed E-state index contributed by atoms with van der Waals surface area (Å²) in [5.74, 6) is -1.47. The molecule has 0 amide bonds. The van der Waals surface area contributed by atoms with Crippen molar-refractivity contribution in [2.75, 3.05) is 0 Å². The lowest BCUT2D eigenvalue weighted by Crippen LogP contribution is -2.27. The van der Waals surface area contributed by atoms with Gasteiger partial charge in [0.15, 0.2) is 0 Å². The number of fused-ring (bicyclic) bond motifs is 1. The molecule has 0 aliphatic carbocycles. The topological polar surface area (TPSA) is 37.3 Å². The van der Waals surface area contributed by atoms with Crippen LogP contribution in [-0.4, -0.2) is 11.1 Å². The summed E-state index contributed by atoms with van der Waals surface area (Å²) in [4.78, 5) is 10.9. The number of rotatable bonds is 2. The number of hydrogen-bond donors (Lipinski definition) is 1. The molecule has 0 heterocycles. The standard InChI is InChI=1S/C13H11FO2/c1-13(14,12(15)16)11-8-4-6-9-5-2-3-7-10(9)11/h2-8H,1H3,(H,15,16). The predicted octanol–water partition coefficient (Wildman–Crippen LogP) is 3.11. The third-order valence-electron chi connectivity index (χ3n) is 2.70. The van der Waals surface area contributed by atoms with E-state index in [9.17, 15) is 9.18 Å². The Balaban J connectivity index is 2.74. The van der Waals surface area contributed by atoms with Crippen molar-refractivity contribution in [3.63, 3.8) is 0 Å². The second-order valence-electron chi connectivity index (χ2n) is 3.83. The molecule has 2 aromatic carbocycles. The second kappa shape index (κ2) is 3.59. The highest BCUT2D eigenvalue weighted by Gasteiger charge is 2.36. The van der Waals surface area contributed by atoms with E-state index in [1.165, 1.54) is 6.07 Å². The molecule has 0 saturated carbocycles. The van der Waals surface area contributed by atoms with Crippen LogP contribution in [0.5, 0.6) is 0 Å². The van der Waals surface area contributed by atoms with Crippen LogP contribution in [-0.2, 0) is 10.5 Å². The SMILES string of the molecule is CC(F)(C(=O)O)c1cccc2ccccc12. The Bertz CT molecular complexity index is 541. The summed E-state index contributed by atoms with van der Waals surface area (Å²) in [6.07, 6.45) is 0. The molecule has 0 spiro atoms. The molecule has 16 heavy (non-hydrogen) atoms. The second-order valence-corrected chi connectivity index (χ2v) is 3.83. The molecule has 0 aliphatic heterocycles. The Kier molecular flexibility index (Phi) is 2.38. The number of aliphatic carboxylic acids is 1. The van der Waals surface area contributed by atoms with Crippen molar-refractivity contribution in [3.05, 3.63) is 48.0 Å². The number of carboxylic acids is 1. The van der Waals surface area contributed by atoms with Gasteiger partial charge in [0, 0.05) is 5.56 Å². The largest absolute Gasteiger partial charge is 0.479 e. The van der Waals surface area contributed by atoms with Gasteiger partial charge in [0.2, 0.25) is 5.67 Å². The lowest BCUT2D eigenvalue weighted by molar-refractivity contribution is -0.150. The zero-order valence-corrected chi connectivity index (χ0v) is 8.77. The van der Waals surface area contributed by atoms with Gasteiger partial charge in [-0.3, -0.25) is 0 Å². The smallest absolute Gasteiger partial charge is 0.345 e. The van der Waals surface area contributed by atoms with E-state index in [1.54, 1.807) is 18.2 Å². The van der Waals surface area contributed by atoms with Crippen LogP contribution in [0.4, 0.5) is 4.39 Å². The van der Waals surface area contributed by atoms with Crippen LogP contribution in [0.3, 0.4) is 0 Å². The molecule has 82 valence electrons. The summed E-state index contributed by atoms with van der Waals surface area (Å²) < 4.78 is 14.1. The van der Waals surface area contributed by atoms with Crippen LogP contribution in [0.25, 0.3) is 10.8 Å². The van der Waals surface area contributed by atoms with Gasteiger partial charge < -0.3 is 5.11 Å². The maximum Gasteiger partial charge on any atom is 0.345 e. The fourth-order valence-corrected chi connectivity index (χ4v) is 1.75. The Hall–Kier alpha value is -1.90. The van der Waals surface area contributed by atoms with Gasteiger partial charge in [-0.15, -0.1) is 0 Å². The van der Waals surface area contributed by atoms with E-state index >= 15 is 0 Å². The van der Waals surface area contributed by atoms with Gasteiger partial charge in [0.25, 0.3) is 0 Å². The fourth-order valence-electron chi connectivity index (χ4n) is 1.75. The van der Waals surface area contributed by atoms with Crippen LogP contribution in [0.2, 0.25) is 0 Å². The summed E-state index contributed by atoms with van der Waals surface area (Å²) in [6, 6.07) is 12.2. The van der Waals surface area contributed by atoms with Crippen LogP contribution in [0, 0.1) is 0 Å². The Morgan fingerprint density at radius 2 is 1.81 bits per heavy atom. The van der Waals surface area contributed by atoms with Gasteiger partial charge >= 0.3 is 5.97 Å². The molecule has 2 aromatic rings. The molecule has 0 fully saturated rings. The third kappa shape index (κ3) is 1.54. The minimum absolute atomic E-state index is 0.193. The van der Waals surface area contributed by atoms with Crippen LogP contribution >= 0.6 is 0 Å². The first-order chi connectivity index (χ1) is 7.53. The van der Waals surface area contributed by atoms with Crippen LogP contribution < -0.4 is 0 Å². The maximum atomic E-state index is 14.1. The average molecular weight is 218 g/mol. The van der Waals surface area contributed by atoms with E-state index in [-0.39, 0.29) is 5.56 Å². The molecular weight excluding hydrogens is 207 g/mol. The summed E-state index contributed by atoms with van der Waals surface area (Å²) in [5, 5.41) is 10.4. The van der Waals surface area contributed by atoms with Gasteiger partial charge in [0.05, 0.1) is 0 Å². The molecule has 2 rings (SSSR count). The minimum Gasteiger partial charge on any atom is -0.479 e. The van der Waals surface area contributed by atoms with E-state index in [0.29, 0.717) is 5.39 Å². The Morgan fingerprint density at radius 1 is 1.19 bits per heavy atom. The number of hydrogen-bond acceptors (Lipinski definition) is 1. The first-order valence-corrected chi connectivity index (χ1v) is 4.94. The van der Waals surface area contributed by atoms with Crippen molar-refractivity contribution >= 4 is 16.7 Å². The van der Waals surface area contributed by atoms with Crippen molar-refractivity contribution in [2.24, 2.45) is 0 Å². The quantitative estimate of drug-likeness (QED) is 0.840. The molecule has 2 nitrogen and oxygen atoms in total. The van der Waals surface area contributed by atoms with Crippen LogP contribution in [0.1, 0.15) is 12.5 Å². The number of benzene rings is 2. The van der Waals surface area contributed by atoms with Gasteiger partial charge in [-0.2, -0.15) is 0 Å². The van der Waals surface area contributed by atoms with Gasteiger partial charge in [-0.1, -0.05) is 42.5 Å². The predicted molar refractivity (Wildman–Crippen MR) is 60.0 cm³/mol. The van der Waals surface area contributed by atoms with E-state index in [1.807, 2.05) is 18.2 Å². The van der Waals surface area contributed by atoms with E-state index < -0.39 is 11.6 Å². The minimum atomic E-state index is -2.36. The lowest BCUT2D eigenvalue weighted by Gasteiger charge is -2.17. The first-order valence-electron chi connectivity index (χ1n) is 4.94. The molecule has 3 heteroatoms. The molecule has 0 aliphatic rings. The van der Waals surface area contributed by atoms with Gasteiger partial charge in [0.1, 0.15) is 0 Å². The monoisotopic (exact) mass is 218 g/mol. The molecule has 0 bridgehead atoms. The molecule has 1 atom stereocenters. The fraction of sp³-hybridized carbons (Fsp3) is 0.154. The van der Waals surface area contributed by atoms with Crippen molar-refractivity contribution < 1.29 is 14.3 Å². The van der Waals surface area contributed by atoms with Crippen molar-refractivity contribution in [3.8, 4) is 0 Å². The molecule has 1 unspecified atom stereocenters. The zero-order valence-electron chi connectivity index (χ0n) is 8.77. The molecular formula is C13H11FO2. The highest BCUT2D eigenvalue weighted by Crippen LogP contribution is 2.31. The Morgan fingerprint density at radius 3 is 2.50 bits per heavy atom. The number of carboxylic acid groups (broad SMARTS) is 1. The van der Waals surface area contributed by atoms with E-state index in [2.05, 4.69) is 0 Å². The molecule has 0 aromatic heterocycles. The van der Waals surface area contributed by atoms with E-state index in [0.717, 1.165) is 12.3 Å².